The average Bonchev–Trinajstić information content (AvgIpc) is 2.90. The number of hydrogen-bond donors (Lipinski definition) is 1. The number of hydrogen-bond acceptors (Lipinski definition) is 1. The molecule has 0 saturated heterocycles. The van der Waals surface area contributed by atoms with E-state index in [2.05, 4.69) is 6.92 Å². The minimum atomic E-state index is -0.839. The van der Waals surface area contributed by atoms with Gasteiger partial charge in [-0.1, -0.05) is 68.3 Å². The predicted molar refractivity (Wildman–Crippen MR) is 97.7 cm³/mol. The van der Waals surface area contributed by atoms with Gasteiger partial charge in [0, 0.05) is 17.4 Å². The fourth-order valence-corrected chi connectivity index (χ4v) is 3.35. The Labute approximate surface area is 142 Å². The summed E-state index contributed by atoms with van der Waals surface area (Å²) in [6.45, 7) is 2.74. The normalized spacial score (nSPS) is 11.0. The van der Waals surface area contributed by atoms with Gasteiger partial charge >= 0.3 is 5.97 Å². The molecule has 124 valence electrons. The Morgan fingerprint density at radius 3 is 2.42 bits per heavy atom. The van der Waals surface area contributed by atoms with Crippen LogP contribution in [0.5, 0.6) is 0 Å². The van der Waals surface area contributed by atoms with Crippen LogP contribution in [-0.2, 0) is 13.0 Å². The SMILES string of the molecule is CCCCCc1c(C(=O)O)n(Cc2ccccc2)c2ccccc12. The third-order valence-electron chi connectivity index (χ3n) is 4.49. The molecule has 0 aliphatic rings. The fraction of sp³-hybridized carbons (Fsp3) is 0.286. The number of para-hydroxylation sites is 1. The van der Waals surface area contributed by atoms with E-state index in [9.17, 15) is 9.90 Å². The number of aryl methyl sites for hydroxylation is 1. The number of carbonyl (C=O) groups is 1. The third-order valence-corrected chi connectivity index (χ3v) is 4.49. The van der Waals surface area contributed by atoms with Crippen molar-refractivity contribution in [2.45, 2.75) is 39.2 Å². The molecule has 3 nitrogen and oxygen atoms in total. The molecule has 1 heterocycles. The van der Waals surface area contributed by atoms with Gasteiger partial charge in [0.05, 0.1) is 0 Å². The van der Waals surface area contributed by atoms with Gasteiger partial charge < -0.3 is 9.67 Å². The summed E-state index contributed by atoms with van der Waals surface area (Å²) in [5, 5.41) is 10.9. The lowest BCUT2D eigenvalue weighted by Crippen LogP contribution is -2.11. The molecule has 0 amide bonds. The van der Waals surface area contributed by atoms with Gasteiger partial charge in [-0.2, -0.15) is 0 Å². The molecule has 0 fully saturated rings. The van der Waals surface area contributed by atoms with Crippen molar-refractivity contribution in [3.8, 4) is 0 Å². The minimum absolute atomic E-state index is 0.441. The van der Waals surface area contributed by atoms with Gasteiger partial charge in [-0.05, 0) is 30.0 Å². The Morgan fingerprint density at radius 1 is 1.00 bits per heavy atom. The standard InChI is InChI=1S/C21H23NO2/c1-2-3-5-13-18-17-12-8-9-14-19(17)22(20(18)21(23)24)15-16-10-6-4-7-11-16/h4,6-12,14H,2-3,5,13,15H2,1H3,(H,23,24). The number of benzene rings is 2. The maximum atomic E-state index is 12.0. The molecule has 0 bridgehead atoms. The molecule has 1 N–H and O–H groups in total. The van der Waals surface area contributed by atoms with E-state index < -0.39 is 5.97 Å². The Hall–Kier alpha value is -2.55. The van der Waals surface area contributed by atoms with Crippen LogP contribution in [0.3, 0.4) is 0 Å². The van der Waals surface area contributed by atoms with Crippen molar-refractivity contribution in [1.82, 2.24) is 4.57 Å². The van der Waals surface area contributed by atoms with Gasteiger partial charge in [0.1, 0.15) is 5.69 Å². The van der Waals surface area contributed by atoms with Crippen LogP contribution < -0.4 is 0 Å². The molecule has 1 aromatic heterocycles. The maximum absolute atomic E-state index is 12.0. The first kappa shape index (κ1) is 16.3. The zero-order valence-corrected chi connectivity index (χ0v) is 14.0. The molecule has 0 saturated carbocycles. The van der Waals surface area contributed by atoms with Crippen molar-refractivity contribution in [1.29, 1.82) is 0 Å². The molecule has 0 radical (unpaired) electrons. The van der Waals surface area contributed by atoms with Crippen molar-refractivity contribution in [2.75, 3.05) is 0 Å². The van der Waals surface area contributed by atoms with Gasteiger partial charge in [-0.3, -0.25) is 0 Å². The molecule has 2 aromatic carbocycles. The lowest BCUT2D eigenvalue weighted by atomic mass is 10.0. The van der Waals surface area contributed by atoms with Gasteiger partial charge in [-0.25, -0.2) is 4.79 Å². The van der Waals surface area contributed by atoms with Crippen LogP contribution in [0.1, 0.15) is 47.8 Å². The molecular formula is C21H23NO2. The number of carboxylic acids is 1. The largest absolute Gasteiger partial charge is 0.477 e. The Kier molecular flexibility index (Phi) is 4.99. The third kappa shape index (κ3) is 3.21. The second-order valence-corrected chi connectivity index (χ2v) is 6.18. The number of nitrogens with zero attached hydrogens (tertiary/aromatic N) is 1. The molecule has 24 heavy (non-hydrogen) atoms. The highest BCUT2D eigenvalue weighted by Crippen LogP contribution is 2.29. The molecule has 0 atom stereocenters. The average molecular weight is 321 g/mol. The van der Waals surface area contributed by atoms with E-state index in [0.717, 1.165) is 47.7 Å². The highest BCUT2D eigenvalue weighted by Gasteiger charge is 2.21. The van der Waals surface area contributed by atoms with E-state index >= 15 is 0 Å². The number of aromatic nitrogens is 1. The smallest absolute Gasteiger partial charge is 0.352 e. The van der Waals surface area contributed by atoms with Crippen molar-refractivity contribution in [3.63, 3.8) is 0 Å². The van der Waals surface area contributed by atoms with E-state index in [-0.39, 0.29) is 0 Å². The first-order valence-electron chi connectivity index (χ1n) is 8.59. The second-order valence-electron chi connectivity index (χ2n) is 6.18. The summed E-state index contributed by atoms with van der Waals surface area (Å²) in [6.07, 6.45) is 4.09. The van der Waals surface area contributed by atoms with Crippen LogP contribution in [0, 0.1) is 0 Å². The summed E-state index contributed by atoms with van der Waals surface area (Å²) in [6, 6.07) is 18.1. The van der Waals surface area contributed by atoms with Crippen molar-refractivity contribution >= 4 is 16.9 Å². The molecule has 0 aliphatic heterocycles. The van der Waals surface area contributed by atoms with E-state index in [1.165, 1.54) is 0 Å². The molecule has 3 heteroatoms. The summed E-state index contributed by atoms with van der Waals surface area (Å²) in [7, 11) is 0. The molecule has 0 aliphatic carbocycles. The highest BCUT2D eigenvalue weighted by atomic mass is 16.4. The van der Waals surface area contributed by atoms with Gasteiger partial charge in [0.15, 0.2) is 0 Å². The van der Waals surface area contributed by atoms with Crippen LogP contribution in [0.15, 0.2) is 54.6 Å². The number of rotatable bonds is 7. The molecule has 0 spiro atoms. The number of unbranched alkanes of at least 4 members (excludes halogenated alkanes) is 2. The number of fused-ring (bicyclic) bond motifs is 1. The Bertz CT molecular complexity index is 834. The first-order valence-corrected chi connectivity index (χ1v) is 8.59. The number of carboxylic acid groups (broad SMARTS) is 1. The summed E-state index contributed by atoms with van der Waals surface area (Å²) in [5.74, 6) is -0.839. The van der Waals surface area contributed by atoms with E-state index in [1.807, 2.05) is 59.2 Å². The maximum Gasteiger partial charge on any atom is 0.352 e. The monoisotopic (exact) mass is 321 g/mol. The van der Waals surface area contributed by atoms with Crippen LogP contribution in [0.2, 0.25) is 0 Å². The fourth-order valence-electron chi connectivity index (χ4n) is 3.35. The zero-order valence-electron chi connectivity index (χ0n) is 14.0. The van der Waals surface area contributed by atoms with Crippen molar-refractivity contribution in [3.05, 3.63) is 71.4 Å². The summed E-state index contributed by atoms with van der Waals surface area (Å²) in [4.78, 5) is 12.0. The first-order chi connectivity index (χ1) is 11.7. The topological polar surface area (TPSA) is 42.2 Å². The van der Waals surface area contributed by atoms with Crippen molar-refractivity contribution < 1.29 is 9.90 Å². The molecule has 3 aromatic rings. The predicted octanol–water partition coefficient (Wildman–Crippen LogP) is 5.12. The number of aromatic carboxylic acids is 1. The molecule has 3 rings (SSSR count). The highest BCUT2D eigenvalue weighted by molar-refractivity contribution is 5.98. The van der Waals surface area contributed by atoms with Gasteiger partial charge in [0.25, 0.3) is 0 Å². The summed E-state index contributed by atoms with van der Waals surface area (Å²) < 4.78 is 1.95. The van der Waals surface area contributed by atoms with Gasteiger partial charge in [-0.15, -0.1) is 0 Å². The van der Waals surface area contributed by atoms with Gasteiger partial charge in [0.2, 0.25) is 0 Å². The van der Waals surface area contributed by atoms with Crippen LogP contribution in [0.4, 0.5) is 0 Å². The van der Waals surface area contributed by atoms with Crippen LogP contribution in [0.25, 0.3) is 10.9 Å². The Morgan fingerprint density at radius 2 is 1.71 bits per heavy atom. The Balaban J connectivity index is 2.12. The molecule has 0 unspecified atom stereocenters. The molecular weight excluding hydrogens is 298 g/mol. The minimum Gasteiger partial charge on any atom is -0.477 e. The van der Waals surface area contributed by atoms with Crippen LogP contribution in [-0.4, -0.2) is 15.6 Å². The lowest BCUT2D eigenvalue weighted by molar-refractivity contribution is 0.0685. The second kappa shape index (κ2) is 7.35. The van der Waals surface area contributed by atoms with Crippen molar-refractivity contribution in [2.24, 2.45) is 0 Å². The summed E-state index contributed by atoms with van der Waals surface area (Å²) >= 11 is 0. The van der Waals surface area contributed by atoms with E-state index in [0.29, 0.717) is 12.2 Å². The lowest BCUT2D eigenvalue weighted by Gasteiger charge is -2.09. The quantitative estimate of drug-likeness (QED) is 0.614. The van der Waals surface area contributed by atoms with E-state index in [4.69, 9.17) is 0 Å². The van der Waals surface area contributed by atoms with Crippen LogP contribution >= 0.6 is 0 Å². The summed E-state index contributed by atoms with van der Waals surface area (Å²) in [5.41, 5.74) is 3.53. The zero-order chi connectivity index (χ0) is 16.9. The van der Waals surface area contributed by atoms with E-state index in [1.54, 1.807) is 0 Å².